The average molecular weight is 269 g/mol. The highest BCUT2D eigenvalue weighted by Crippen LogP contribution is 2.42. The van der Waals surface area contributed by atoms with Crippen LogP contribution in [-0.2, 0) is 4.74 Å². The van der Waals surface area contributed by atoms with Crippen molar-refractivity contribution in [2.24, 2.45) is 10.9 Å². The Morgan fingerprint density at radius 1 is 1.32 bits per heavy atom. The standard InChI is InChI=1S/C14H27N3O2/c1-13(2)9-11(14(3,4)19-13)17-8-6-5-7-10(17)12(15)16-18/h10-11,18H,5-9H2,1-4H3,(H2,15,16). The topological polar surface area (TPSA) is 71.1 Å². The second-order valence-corrected chi connectivity index (χ2v) is 6.96. The van der Waals surface area contributed by atoms with Gasteiger partial charge in [-0.25, -0.2) is 0 Å². The minimum Gasteiger partial charge on any atom is -0.409 e. The Kier molecular flexibility index (Phi) is 3.80. The maximum absolute atomic E-state index is 8.99. The first kappa shape index (κ1) is 14.6. The molecule has 0 aromatic carbocycles. The van der Waals surface area contributed by atoms with Gasteiger partial charge in [0.25, 0.3) is 0 Å². The number of oxime groups is 1. The SMILES string of the molecule is CC1(C)CC(N2CCCCC2C(N)=NO)C(C)(C)O1. The highest BCUT2D eigenvalue weighted by atomic mass is 16.5. The highest BCUT2D eigenvalue weighted by molar-refractivity contribution is 5.85. The lowest BCUT2D eigenvalue weighted by atomic mass is 9.88. The molecule has 2 unspecified atom stereocenters. The maximum Gasteiger partial charge on any atom is 0.156 e. The van der Waals surface area contributed by atoms with Crippen molar-refractivity contribution in [2.75, 3.05) is 6.54 Å². The largest absolute Gasteiger partial charge is 0.409 e. The number of piperidine rings is 1. The third-order valence-corrected chi connectivity index (χ3v) is 4.43. The summed E-state index contributed by atoms with van der Waals surface area (Å²) < 4.78 is 6.18. The number of nitrogens with zero attached hydrogens (tertiary/aromatic N) is 2. The molecule has 3 N–H and O–H groups in total. The first-order valence-electron chi connectivity index (χ1n) is 7.20. The van der Waals surface area contributed by atoms with E-state index in [1.54, 1.807) is 0 Å². The Bertz CT molecular complexity index is 366. The normalized spacial score (nSPS) is 35.5. The van der Waals surface area contributed by atoms with E-state index in [1.165, 1.54) is 6.42 Å². The Balaban J connectivity index is 2.23. The minimum absolute atomic E-state index is 0.0422. The van der Waals surface area contributed by atoms with E-state index in [2.05, 4.69) is 37.8 Å². The maximum atomic E-state index is 8.99. The quantitative estimate of drug-likeness (QED) is 0.348. The Morgan fingerprint density at radius 3 is 2.53 bits per heavy atom. The van der Waals surface area contributed by atoms with Gasteiger partial charge >= 0.3 is 0 Å². The molecule has 0 amide bonds. The zero-order valence-corrected chi connectivity index (χ0v) is 12.5. The van der Waals surface area contributed by atoms with Crippen LogP contribution < -0.4 is 5.73 Å². The minimum atomic E-state index is -0.200. The smallest absolute Gasteiger partial charge is 0.156 e. The molecule has 2 saturated heterocycles. The molecule has 0 aromatic rings. The molecule has 0 saturated carbocycles. The molecule has 2 fully saturated rings. The summed E-state index contributed by atoms with van der Waals surface area (Å²) in [6.45, 7) is 9.55. The van der Waals surface area contributed by atoms with Crippen molar-refractivity contribution in [2.45, 2.75) is 76.7 Å². The van der Waals surface area contributed by atoms with E-state index < -0.39 is 0 Å². The molecule has 0 aromatic heterocycles. The molecule has 19 heavy (non-hydrogen) atoms. The van der Waals surface area contributed by atoms with Gasteiger partial charge in [0.1, 0.15) is 0 Å². The van der Waals surface area contributed by atoms with Crippen molar-refractivity contribution in [3.63, 3.8) is 0 Å². The predicted molar refractivity (Wildman–Crippen MR) is 75.4 cm³/mol. The molecule has 0 bridgehead atoms. The van der Waals surface area contributed by atoms with Gasteiger partial charge in [-0.2, -0.15) is 0 Å². The van der Waals surface area contributed by atoms with Gasteiger partial charge in [-0.15, -0.1) is 0 Å². The Hall–Kier alpha value is -0.810. The second kappa shape index (κ2) is 4.94. The van der Waals surface area contributed by atoms with E-state index >= 15 is 0 Å². The molecule has 2 aliphatic rings. The molecule has 0 aliphatic carbocycles. The number of nitrogens with two attached hydrogens (primary N) is 1. The number of likely N-dealkylation sites (tertiary alicyclic amines) is 1. The van der Waals surface area contributed by atoms with Crippen molar-refractivity contribution in [3.05, 3.63) is 0 Å². The second-order valence-electron chi connectivity index (χ2n) is 6.96. The molecule has 0 radical (unpaired) electrons. The van der Waals surface area contributed by atoms with Gasteiger partial charge in [-0.05, 0) is 53.5 Å². The van der Waals surface area contributed by atoms with Crippen LogP contribution in [0.15, 0.2) is 5.16 Å². The summed E-state index contributed by atoms with van der Waals surface area (Å²) >= 11 is 0. The fourth-order valence-electron chi connectivity index (χ4n) is 3.76. The van der Waals surface area contributed by atoms with Crippen LogP contribution in [0.3, 0.4) is 0 Å². The van der Waals surface area contributed by atoms with Gasteiger partial charge in [0.2, 0.25) is 0 Å². The van der Waals surface area contributed by atoms with Crippen molar-refractivity contribution in [1.82, 2.24) is 4.90 Å². The fraction of sp³-hybridized carbons (Fsp3) is 0.929. The van der Waals surface area contributed by atoms with E-state index in [0.29, 0.717) is 11.9 Å². The van der Waals surface area contributed by atoms with Crippen LogP contribution in [0.25, 0.3) is 0 Å². The average Bonchev–Trinajstić information content (AvgIpc) is 2.56. The van der Waals surface area contributed by atoms with Crippen LogP contribution in [0.4, 0.5) is 0 Å². The molecular formula is C14H27N3O2. The Labute approximate surface area is 115 Å². The van der Waals surface area contributed by atoms with Crippen LogP contribution >= 0.6 is 0 Å². The van der Waals surface area contributed by atoms with Crippen LogP contribution in [0.5, 0.6) is 0 Å². The summed E-state index contributed by atoms with van der Waals surface area (Å²) in [5.41, 5.74) is 5.57. The summed E-state index contributed by atoms with van der Waals surface area (Å²) in [6.07, 6.45) is 4.25. The number of hydrogen-bond donors (Lipinski definition) is 2. The summed E-state index contributed by atoms with van der Waals surface area (Å²) in [6, 6.07) is 0.355. The zero-order valence-electron chi connectivity index (χ0n) is 12.5. The van der Waals surface area contributed by atoms with Crippen LogP contribution in [0.2, 0.25) is 0 Å². The molecule has 110 valence electrons. The molecule has 2 aliphatic heterocycles. The number of amidine groups is 1. The fourth-order valence-corrected chi connectivity index (χ4v) is 3.76. The Morgan fingerprint density at radius 2 is 2.00 bits per heavy atom. The number of hydrogen-bond acceptors (Lipinski definition) is 4. The van der Waals surface area contributed by atoms with E-state index in [-0.39, 0.29) is 17.2 Å². The predicted octanol–water partition coefficient (Wildman–Crippen LogP) is 1.93. The van der Waals surface area contributed by atoms with Crippen molar-refractivity contribution >= 4 is 5.84 Å². The first-order valence-corrected chi connectivity index (χ1v) is 7.20. The third kappa shape index (κ3) is 2.87. The van der Waals surface area contributed by atoms with Crippen molar-refractivity contribution in [3.8, 4) is 0 Å². The van der Waals surface area contributed by atoms with E-state index in [4.69, 9.17) is 15.7 Å². The molecule has 5 heteroatoms. The van der Waals surface area contributed by atoms with Gasteiger partial charge < -0.3 is 15.7 Å². The lowest BCUT2D eigenvalue weighted by molar-refractivity contribution is -0.0839. The molecule has 0 spiro atoms. The van der Waals surface area contributed by atoms with E-state index in [1.807, 2.05) is 0 Å². The summed E-state index contributed by atoms with van der Waals surface area (Å²) in [4.78, 5) is 2.38. The molecule has 2 atom stereocenters. The zero-order chi connectivity index (χ0) is 14.3. The molecule has 2 rings (SSSR count). The van der Waals surface area contributed by atoms with E-state index in [0.717, 1.165) is 25.8 Å². The molecule has 2 heterocycles. The van der Waals surface area contributed by atoms with E-state index in [9.17, 15) is 0 Å². The van der Waals surface area contributed by atoms with Crippen molar-refractivity contribution in [1.29, 1.82) is 0 Å². The van der Waals surface area contributed by atoms with Gasteiger partial charge in [-0.3, -0.25) is 4.90 Å². The number of ether oxygens (including phenoxy) is 1. The van der Waals surface area contributed by atoms with Crippen LogP contribution in [0.1, 0.15) is 53.4 Å². The van der Waals surface area contributed by atoms with Crippen LogP contribution in [0, 0.1) is 0 Å². The molecule has 5 nitrogen and oxygen atoms in total. The monoisotopic (exact) mass is 269 g/mol. The molecular weight excluding hydrogens is 242 g/mol. The van der Waals surface area contributed by atoms with Crippen LogP contribution in [-0.4, -0.2) is 45.8 Å². The van der Waals surface area contributed by atoms with Crippen molar-refractivity contribution < 1.29 is 9.94 Å². The summed E-state index contributed by atoms with van der Waals surface area (Å²) in [7, 11) is 0. The van der Waals surface area contributed by atoms with Gasteiger partial charge in [-0.1, -0.05) is 11.6 Å². The summed E-state index contributed by atoms with van der Waals surface area (Å²) in [5.74, 6) is 0.334. The number of rotatable bonds is 2. The lowest BCUT2D eigenvalue weighted by Gasteiger charge is -2.43. The third-order valence-electron chi connectivity index (χ3n) is 4.43. The summed E-state index contributed by atoms with van der Waals surface area (Å²) in [5, 5.41) is 12.2. The highest BCUT2D eigenvalue weighted by Gasteiger charge is 2.50. The van der Waals surface area contributed by atoms with Gasteiger partial charge in [0.05, 0.1) is 17.2 Å². The first-order chi connectivity index (χ1) is 8.77. The van der Waals surface area contributed by atoms with Gasteiger partial charge in [0, 0.05) is 6.04 Å². The lowest BCUT2D eigenvalue weighted by Crippen LogP contribution is -2.57. The van der Waals surface area contributed by atoms with Gasteiger partial charge in [0.15, 0.2) is 5.84 Å².